The Morgan fingerprint density at radius 2 is 2.31 bits per heavy atom. The highest BCUT2D eigenvalue weighted by atomic mass is 16.1. The first-order valence-electron chi connectivity index (χ1n) is 4.64. The Morgan fingerprint density at radius 1 is 1.54 bits per heavy atom. The molecule has 1 aromatic rings. The van der Waals surface area contributed by atoms with Crippen molar-refractivity contribution in [1.82, 2.24) is 0 Å². The number of Topliss-reactive ketones (excluding diaryl/α,β-unsaturated/α-hetero) is 1. The fourth-order valence-electron chi connectivity index (χ4n) is 1.81. The number of aryl methyl sites for hydroxylation is 1. The van der Waals surface area contributed by atoms with Gasteiger partial charge in [0, 0.05) is 18.0 Å². The van der Waals surface area contributed by atoms with E-state index < -0.39 is 0 Å². The molecule has 0 saturated carbocycles. The summed E-state index contributed by atoms with van der Waals surface area (Å²) in [5.74, 6) is 0.185. The second kappa shape index (κ2) is 2.96. The number of nitrogens with two attached hydrogens (primary N) is 1. The zero-order chi connectivity index (χ0) is 9.42. The molecule has 1 aromatic carbocycles. The highest BCUT2D eigenvalue weighted by Gasteiger charge is 2.26. The van der Waals surface area contributed by atoms with E-state index in [0.29, 0.717) is 6.42 Å². The molecule has 0 aromatic heterocycles. The molecule has 0 spiro atoms. The maximum absolute atomic E-state index is 11.4. The van der Waals surface area contributed by atoms with E-state index in [1.54, 1.807) is 0 Å². The molecule has 0 fully saturated rings. The highest BCUT2D eigenvalue weighted by molar-refractivity contribution is 6.01. The van der Waals surface area contributed by atoms with Crippen molar-refractivity contribution in [2.75, 3.05) is 0 Å². The van der Waals surface area contributed by atoms with Gasteiger partial charge in [0.15, 0.2) is 5.78 Å². The van der Waals surface area contributed by atoms with Crippen LogP contribution < -0.4 is 5.73 Å². The summed E-state index contributed by atoms with van der Waals surface area (Å²) < 4.78 is 0. The fraction of sp³-hybridized carbons (Fsp3) is 0.364. The molecule has 0 bridgehead atoms. The zero-order valence-electron chi connectivity index (χ0n) is 7.71. The smallest absolute Gasteiger partial charge is 0.165 e. The summed E-state index contributed by atoms with van der Waals surface area (Å²) in [7, 11) is 0. The Balaban J connectivity index is 2.52. The van der Waals surface area contributed by atoms with Gasteiger partial charge in [-0.05, 0) is 17.5 Å². The third-order valence-electron chi connectivity index (χ3n) is 2.63. The van der Waals surface area contributed by atoms with Crippen LogP contribution in [0.4, 0.5) is 0 Å². The predicted molar refractivity (Wildman–Crippen MR) is 51.7 cm³/mol. The second-order valence-corrected chi connectivity index (χ2v) is 3.51. The molecule has 0 aliphatic heterocycles. The van der Waals surface area contributed by atoms with Gasteiger partial charge < -0.3 is 5.73 Å². The standard InChI is InChI=1S/C11H13NO/c1-2-7-3-4-8-9(5-7)10(12)6-11(8)13/h3-5,10H,2,6,12H2,1H3/t10-/m1/s1. The van der Waals surface area contributed by atoms with E-state index in [2.05, 4.69) is 13.0 Å². The van der Waals surface area contributed by atoms with Crippen LogP contribution >= 0.6 is 0 Å². The van der Waals surface area contributed by atoms with Crippen molar-refractivity contribution in [3.05, 3.63) is 34.9 Å². The molecule has 1 aliphatic rings. The number of hydrogen-bond donors (Lipinski definition) is 1. The third-order valence-corrected chi connectivity index (χ3v) is 2.63. The van der Waals surface area contributed by atoms with Crippen molar-refractivity contribution in [1.29, 1.82) is 0 Å². The molecule has 68 valence electrons. The van der Waals surface area contributed by atoms with Gasteiger partial charge in [0.2, 0.25) is 0 Å². The second-order valence-electron chi connectivity index (χ2n) is 3.51. The Kier molecular flexibility index (Phi) is 1.93. The Bertz CT molecular complexity index is 357. The van der Waals surface area contributed by atoms with Crippen molar-refractivity contribution in [3.63, 3.8) is 0 Å². The molecule has 1 aliphatic carbocycles. The molecule has 0 heterocycles. The number of carbonyl (C=O) groups excluding carboxylic acids is 1. The Morgan fingerprint density at radius 3 is 3.00 bits per heavy atom. The minimum Gasteiger partial charge on any atom is -0.324 e. The lowest BCUT2D eigenvalue weighted by molar-refractivity contribution is 0.0989. The predicted octanol–water partition coefficient (Wildman–Crippen LogP) is 1.84. The molecule has 2 nitrogen and oxygen atoms in total. The lowest BCUT2D eigenvalue weighted by Gasteiger charge is -2.04. The van der Waals surface area contributed by atoms with E-state index in [9.17, 15) is 4.79 Å². The van der Waals surface area contributed by atoms with Gasteiger partial charge in [-0.25, -0.2) is 0 Å². The summed E-state index contributed by atoms with van der Waals surface area (Å²) in [6.45, 7) is 2.10. The van der Waals surface area contributed by atoms with Crippen LogP contribution in [0.1, 0.15) is 40.9 Å². The number of rotatable bonds is 1. The van der Waals surface area contributed by atoms with Gasteiger partial charge in [0.1, 0.15) is 0 Å². The Labute approximate surface area is 77.8 Å². The first kappa shape index (κ1) is 8.45. The topological polar surface area (TPSA) is 43.1 Å². The molecule has 2 rings (SSSR count). The maximum atomic E-state index is 11.4. The number of fused-ring (bicyclic) bond motifs is 1. The zero-order valence-corrected chi connectivity index (χ0v) is 7.71. The van der Waals surface area contributed by atoms with E-state index in [1.807, 2.05) is 12.1 Å². The summed E-state index contributed by atoms with van der Waals surface area (Å²) in [5.41, 5.74) is 8.95. The van der Waals surface area contributed by atoms with Crippen molar-refractivity contribution in [2.24, 2.45) is 5.73 Å². The number of carbonyl (C=O) groups is 1. The van der Waals surface area contributed by atoms with Gasteiger partial charge in [-0.3, -0.25) is 4.79 Å². The van der Waals surface area contributed by atoms with Crippen LogP contribution in [-0.4, -0.2) is 5.78 Å². The van der Waals surface area contributed by atoms with Crippen LogP contribution in [-0.2, 0) is 6.42 Å². The fourth-order valence-corrected chi connectivity index (χ4v) is 1.81. The lowest BCUT2D eigenvalue weighted by atomic mass is 10.0. The lowest BCUT2D eigenvalue weighted by Crippen LogP contribution is -2.05. The van der Waals surface area contributed by atoms with E-state index in [-0.39, 0.29) is 11.8 Å². The van der Waals surface area contributed by atoms with Crippen LogP contribution in [0.25, 0.3) is 0 Å². The van der Waals surface area contributed by atoms with Gasteiger partial charge >= 0.3 is 0 Å². The summed E-state index contributed by atoms with van der Waals surface area (Å²) >= 11 is 0. The molecule has 2 N–H and O–H groups in total. The van der Waals surface area contributed by atoms with Crippen LogP contribution in [0, 0.1) is 0 Å². The van der Waals surface area contributed by atoms with E-state index in [0.717, 1.165) is 17.5 Å². The van der Waals surface area contributed by atoms with Crippen molar-refractivity contribution >= 4 is 5.78 Å². The van der Waals surface area contributed by atoms with Crippen LogP contribution in [0.5, 0.6) is 0 Å². The minimum atomic E-state index is -0.0750. The molecule has 2 heteroatoms. The van der Waals surface area contributed by atoms with Crippen LogP contribution in [0.15, 0.2) is 18.2 Å². The third kappa shape index (κ3) is 1.27. The van der Waals surface area contributed by atoms with Crippen molar-refractivity contribution in [3.8, 4) is 0 Å². The Hall–Kier alpha value is -1.15. The molecular weight excluding hydrogens is 162 g/mol. The van der Waals surface area contributed by atoms with E-state index in [1.165, 1.54) is 5.56 Å². The molecule has 0 radical (unpaired) electrons. The van der Waals surface area contributed by atoms with Crippen molar-refractivity contribution < 1.29 is 4.79 Å². The number of ketones is 1. The SMILES string of the molecule is CCc1ccc2c(c1)[C@H](N)CC2=O. The van der Waals surface area contributed by atoms with Crippen LogP contribution in [0.2, 0.25) is 0 Å². The normalized spacial score (nSPS) is 20.5. The van der Waals surface area contributed by atoms with E-state index in [4.69, 9.17) is 5.73 Å². The quantitative estimate of drug-likeness (QED) is 0.707. The molecule has 0 unspecified atom stereocenters. The van der Waals surface area contributed by atoms with Gasteiger partial charge in [-0.1, -0.05) is 25.1 Å². The molecular formula is C11H13NO. The van der Waals surface area contributed by atoms with Crippen molar-refractivity contribution in [2.45, 2.75) is 25.8 Å². The van der Waals surface area contributed by atoms with Gasteiger partial charge in [-0.15, -0.1) is 0 Å². The average molecular weight is 175 g/mol. The molecule has 0 amide bonds. The number of hydrogen-bond acceptors (Lipinski definition) is 2. The largest absolute Gasteiger partial charge is 0.324 e. The summed E-state index contributed by atoms with van der Waals surface area (Å²) in [5, 5.41) is 0. The number of benzene rings is 1. The van der Waals surface area contributed by atoms with E-state index >= 15 is 0 Å². The maximum Gasteiger partial charge on any atom is 0.165 e. The van der Waals surface area contributed by atoms with Gasteiger partial charge in [0.25, 0.3) is 0 Å². The summed E-state index contributed by atoms with van der Waals surface area (Å²) in [6, 6.07) is 5.90. The van der Waals surface area contributed by atoms with Crippen LogP contribution in [0.3, 0.4) is 0 Å². The van der Waals surface area contributed by atoms with Gasteiger partial charge in [-0.2, -0.15) is 0 Å². The minimum absolute atomic E-state index is 0.0750. The highest BCUT2D eigenvalue weighted by Crippen LogP contribution is 2.29. The molecule has 13 heavy (non-hydrogen) atoms. The van der Waals surface area contributed by atoms with Gasteiger partial charge in [0.05, 0.1) is 0 Å². The monoisotopic (exact) mass is 175 g/mol. The average Bonchev–Trinajstić information content (AvgIpc) is 2.42. The summed E-state index contributed by atoms with van der Waals surface area (Å²) in [4.78, 5) is 11.4. The summed E-state index contributed by atoms with van der Waals surface area (Å²) in [6.07, 6.45) is 1.47. The first-order chi connectivity index (χ1) is 6.22. The first-order valence-corrected chi connectivity index (χ1v) is 4.64. The molecule has 0 saturated heterocycles. The molecule has 1 atom stereocenters.